The third-order valence-corrected chi connectivity index (χ3v) is 8.30. The summed E-state index contributed by atoms with van der Waals surface area (Å²) in [4.78, 5) is 2.57. The molecule has 0 spiro atoms. The molecule has 0 amide bonds. The summed E-state index contributed by atoms with van der Waals surface area (Å²) in [6, 6.07) is 8.67. The third-order valence-electron chi connectivity index (χ3n) is 5.46. The molecule has 3 saturated carbocycles. The van der Waals surface area contributed by atoms with Gasteiger partial charge in [-0.05, 0) is 56.2 Å². The minimum Gasteiger partial charge on any atom is -0.323 e. The predicted octanol–water partition coefficient (Wildman–Crippen LogP) is 5.01. The highest BCUT2D eigenvalue weighted by atomic mass is 127. The van der Waals surface area contributed by atoms with Gasteiger partial charge in [-0.15, -0.1) is 0 Å². The minimum absolute atomic E-state index is 0.205. The van der Waals surface area contributed by atoms with Crippen molar-refractivity contribution in [3.05, 3.63) is 34.9 Å². The van der Waals surface area contributed by atoms with E-state index in [-0.39, 0.29) is 26.4 Å². The molecule has 0 bridgehead atoms. The molecule has 5 heteroatoms. The smallest absolute Gasteiger partial charge is 0.126 e. The van der Waals surface area contributed by atoms with Crippen molar-refractivity contribution in [1.29, 1.82) is 0 Å². The summed E-state index contributed by atoms with van der Waals surface area (Å²) in [5.41, 5.74) is 0.990. The molecular weight excluding hydrogens is 426 g/mol. The number of hydrogen-bond donors (Lipinski definition) is 0. The Morgan fingerprint density at radius 1 is 1.13 bits per heavy atom. The summed E-state index contributed by atoms with van der Waals surface area (Å²) in [5.74, 6) is 1.99. The van der Waals surface area contributed by atoms with Gasteiger partial charge in [-0.3, -0.25) is 0 Å². The molecule has 23 heavy (non-hydrogen) atoms. The second kappa shape index (κ2) is 5.25. The standard InChI is InChI=1S/C18H19ClFIN2/c19-13-5-3-12(4-6-13)18(9-14(20)10-18)17-22-21-16(11-1-2-11)23(17)15-7-8-15/h3-6,11,14-15H,1-2,7-10H2. The van der Waals surface area contributed by atoms with Crippen LogP contribution in [0.15, 0.2) is 27.5 Å². The van der Waals surface area contributed by atoms with Crippen LogP contribution in [0, 0.1) is 5.92 Å². The fourth-order valence-electron chi connectivity index (χ4n) is 3.86. The second-order valence-corrected chi connectivity index (χ2v) is 9.79. The van der Waals surface area contributed by atoms with Crippen LogP contribution >= 0.6 is 32.6 Å². The summed E-state index contributed by atoms with van der Waals surface area (Å²) in [6.45, 7) is 0. The quantitative estimate of drug-likeness (QED) is 0.596. The molecule has 1 aliphatic heterocycles. The Morgan fingerprint density at radius 3 is 2.39 bits per heavy atom. The van der Waals surface area contributed by atoms with Crippen LogP contribution in [0.5, 0.6) is 0 Å². The molecule has 0 unspecified atom stereocenters. The van der Waals surface area contributed by atoms with Crippen LogP contribution in [0.1, 0.15) is 44.1 Å². The van der Waals surface area contributed by atoms with Crippen molar-refractivity contribution >= 4 is 42.1 Å². The molecule has 0 N–H and O–H groups in total. The van der Waals surface area contributed by atoms with Gasteiger partial charge in [0, 0.05) is 38.0 Å². The van der Waals surface area contributed by atoms with Gasteiger partial charge in [0.05, 0.1) is 9.05 Å². The molecule has 122 valence electrons. The Morgan fingerprint density at radius 2 is 1.83 bits per heavy atom. The van der Waals surface area contributed by atoms with E-state index < -0.39 is 6.17 Å². The highest BCUT2D eigenvalue weighted by Crippen LogP contribution is 2.53. The number of nitrogens with zero attached hydrogens (tertiary/aromatic N) is 2. The Balaban J connectivity index is 1.53. The molecule has 1 aromatic rings. The monoisotopic (exact) mass is 444 g/mol. The third kappa shape index (κ3) is 2.39. The van der Waals surface area contributed by atoms with Crippen LogP contribution in [0.2, 0.25) is 5.02 Å². The molecule has 3 fully saturated rings. The topological polar surface area (TPSA) is 15.6 Å². The highest BCUT2D eigenvalue weighted by Gasteiger charge is 2.56. The predicted molar refractivity (Wildman–Crippen MR) is 101 cm³/mol. The maximum absolute atomic E-state index is 13.9. The van der Waals surface area contributed by atoms with Gasteiger partial charge in [0.1, 0.15) is 12.0 Å². The van der Waals surface area contributed by atoms with Gasteiger partial charge in [-0.25, -0.2) is 7.60 Å². The molecule has 3 aliphatic carbocycles. The molecular formula is C18H19ClFIN2. The number of alkyl halides is 1. The van der Waals surface area contributed by atoms with Crippen molar-refractivity contribution in [1.82, 2.24) is 4.90 Å². The first-order chi connectivity index (χ1) is 11.2. The Kier molecular flexibility index (Phi) is 3.38. The van der Waals surface area contributed by atoms with Crippen LogP contribution in [-0.2, 0) is 5.41 Å². The Labute approximate surface area is 151 Å². The Hall–Kier alpha value is -0.490. The summed E-state index contributed by atoms with van der Waals surface area (Å²) in [5, 5.41) is 0.741. The van der Waals surface area contributed by atoms with E-state index >= 15 is 0 Å². The molecule has 0 radical (unpaired) electrons. The summed E-state index contributed by atoms with van der Waals surface area (Å²) < 4.78 is 20.6. The van der Waals surface area contributed by atoms with Gasteiger partial charge in [0.25, 0.3) is 0 Å². The highest BCUT2D eigenvalue weighted by molar-refractivity contribution is 14.2. The lowest BCUT2D eigenvalue weighted by atomic mass is 9.62. The van der Waals surface area contributed by atoms with Gasteiger partial charge < -0.3 is 4.90 Å². The summed E-state index contributed by atoms with van der Waals surface area (Å²) in [6.07, 6.45) is 5.68. The van der Waals surface area contributed by atoms with E-state index in [1.165, 1.54) is 37.1 Å². The van der Waals surface area contributed by atoms with Crippen molar-refractivity contribution in [3.63, 3.8) is 0 Å². The van der Waals surface area contributed by atoms with Gasteiger partial charge in [-0.1, -0.05) is 23.7 Å². The summed E-state index contributed by atoms with van der Waals surface area (Å²) in [7, 11) is 0. The minimum atomic E-state index is -0.697. The van der Waals surface area contributed by atoms with Gasteiger partial charge in [0.15, 0.2) is 0 Å². The van der Waals surface area contributed by atoms with Crippen molar-refractivity contribution in [2.75, 3.05) is 0 Å². The molecule has 0 saturated heterocycles. The molecule has 1 heterocycles. The second-order valence-electron chi connectivity index (χ2n) is 7.29. The average Bonchev–Trinajstić information content (AvgIpc) is 3.43. The normalized spacial score (nSPS) is 33.7. The fraction of sp³-hybridized carbons (Fsp3) is 0.556. The van der Waals surface area contributed by atoms with Crippen LogP contribution in [0.3, 0.4) is 0 Å². The van der Waals surface area contributed by atoms with E-state index in [9.17, 15) is 4.39 Å². The SMILES string of the molecule is FC1CC(C2=NI=C(C3CC3)N2C2CC2)(c2ccc(Cl)cc2)C1. The first-order valence-corrected chi connectivity index (χ1v) is 10.9. The number of hydrogen-bond acceptors (Lipinski definition) is 2. The number of rotatable bonds is 4. The number of halogens is 3. The lowest BCUT2D eigenvalue weighted by Gasteiger charge is -2.47. The van der Waals surface area contributed by atoms with Crippen LogP contribution in [-0.4, -0.2) is 26.6 Å². The molecule has 1 aromatic carbocycles. The number of amidine groups is 1. The maximum Gasteiger partial charge on any atom is 0.126 e. The van der Waals surface area contributed by atoms with Crippen molar-refractivity contribution < 1.29 is 4.39 Å². The van der Waals surface area contributed by atoms with Crippen molar-refractivity contribution in [2.45, 2.75) is 56.2 Å². The zero-order valence-corrected chi connectivity index (χ0v) is 15.7. The molecule has 2 nitrogen and oxygen atoms in total. The lowest BCUT2D eigenvalue weighted by molar-refractivity contribution is 0.135. The van der Waals surface area contributed by atoms with E-state index in [0.717, 1.165) is 10.9 Å². The zero-order chi connectivity index (χ0) is 15.6. The average molecular weight is 445 g/mol. The van der Waals surface area contributed by atoms with E-state index in [1.807, 2.05) is 12.1 Å². The van der Waals surface area contributed by atoms with Crippen LogP contribution in [0.4, 0.5) is 4.39 Å². The first kappa shape index (κ1) is 14.8. The lowest BCUT2D eigenvalue weighted by Crippen LogP contribution is -2.56. The van der Waals surface area contributed by atoms with Gasteiger partial charge in [-0.2, -0.15) is 0 Å². The van der Waals surface area contributed by atoms with Gasteiger partial charge >= 0.3 is 0 Å². The molecule has 4 aliphatic rings. The van der Waals surface area contributed by atoms with Gasteiger partial charge in [0.2, 0.25) is 0 Å². The Bertz CT molecular complexity index is 700. The fourth-order valence-corrected chi connectivity index (χ4v) is 7.02. The van der Waals surface area contributed by atoms with Crippen molar-refractivity contribution in [3.8, 4) is 0 Å². The van der Waals surface area contributed by atoms with E-state index in [2.05, 4.69) is 17.0 Å². The maximum atomic E-state index is 13.9. The van der Waals surface area contributed by atoms with E-state index in [1.54, 1.807) is 3.63 Å². The van der Waals surface area contributed by atoms with E-state index in [4.69, 9.17) is 14.8 Å². The first-order valence-electron chi connectivity index (χ1n) is 8.46. The molecule has 0 atom stereocenters. The largest absolute Gasteiger partial charge is 0.323 e. The van der Waals surface area contributed by atoms with Crippen molar-refractivity contribution in [2.24, 2.45) is 9.12 Å². The number of benzene rings is 1. The van der Waals surface area contributed by atoms with E-state index in [0.29, 0.717) is 18.9 Å². The molecule has 5 rings (SSSR count). The summed E-state index contributed by atoms with van der Waals surface area (Å²) >= 11 is 5.82. The zero-order valence-electron chi connectivity index (χ0n) is 12.8. The molecule has 0 aromatic heterocycles. The van der Waals surface area contributed by atoms with Crippen LogP contribution < -0.4 is 0 Å². The van der Waals surface area contributed by atoms with Crippen LogP contribution in [0.25, 0.3) is 0 Å².